The molecule has 2 fully saturated rings. The summed E-state index contributed by atoms with van der Waals surface area (Å²) in [6.07, 6.45) is 5.43. The van der Waals surface area contributed by atoms with Gasteiger partial charge in [0.2, 0.25) is 11.8 Å². The first kappa shape index (κ1) is 11.9. The third-order valence-electron chi connectivity index (χ3n) is 4.45. The van der Waals surface area contributed by atoms with Gasteiger partial charge >= 0.3 is 0 Å². The quantitative estimate of drug-likeness (QED) is 0.738. The van der Waals surface area contributed by atoms with Gasteiger partial charge in [-0.25, -0.2) is 0 Å². The Balaban J connectivity index is 1.45. The van der Waals surface area contributed by atoms with Gasteiger partial charge < -0.3 is 14.4 Å². The lowest BCUT2D eigenvalue weighted by molar-refractivity contribution is -0.136. The van der Waals surface area contributed by atoms with Crippen molar-refractivity contribution in [3.8, 4) is 0 Å². The van der Waals surface area contributed by atoms with Gasteiger partial charge in [-0.05, 0) is 19.3 Å². The van der Waals surface area contributed by atoms with E-state index in [1.807, 2.05) is 9.47 Å². The molecular weight excluding hydrogens is 258 g/mol. The molecule has 7 nitrogen and oxygen atoms in total. The second kappa shape index (κ2) is 4.29. The maximum absolute atomic E-state index is 12.6. The van der Waals surface area contributed by atoms with Gasteiger partial charge in [0.05, 0.1) is 12.6 Å². The Bertz CT molecular complexity index is 565. The Kier molecular flexibility index (Phi) is 2.55. The third kappa shape index (κ3) is 1.88. The van der Waals surface area contributed by atoms with Crippen molar-refractivity contribution in [2.45, 2.75) is 38.3 Å². The average Bonchev–Trinajstić information content (AvgIpc) is 3.06. The topological polar surface area (TPSA) is 71.3 Å². The van der Waals surface area contributed by atoms with Gasteiger partial charge in [0, 0.05) is 19.0 Å². The number of carbonyl (C=O) groups is 2. The lowest BCUT2D eigenvalue weighted by Gasteiger charge is -2.26. The van der Waals surface area contributed by atoms with E-state index in [0.29, 0.717) is 19.3 Å². The predicted octanol–water partition coefficient (Wildman–Crippen LogP) is -0.369. The molecule has 0 spiro atoms. The van der Waals surface area contributed by atoms with Gasteiger partial charge in [-0.3, -0.25) is 9.59 Å². The van der Waals surface area contributed by atoms with Crippen molar-refractivity contribution in [1.82, 2.24) is 24.6 Å². The fraction of sp³-hybridized carbons (Fsp3) is 0.692. The number of hydrogen-bond acceptors (Lipinski definition) is 4. The van der Waals surface area contributed by atoms with Crippen LogP contribution in [-0.4, -0.2) is 55.6 Å². The van der Waals surface area contributed by atoms with Crippen LogP contribution in [0.2, 0.25) is 0 Å². The van der Waals surface area contributed by atoms with Crippen LogP contribution >= 0.6 is 0 Å². The number of amides is 2. The maximum atomic E-state index is 12.6. The average molecular weight is 275 g/mol. The second-order valence-corrected chi connectivity index (χ2v) is 5.91. The fourth-order valence-corrected chi connectivity index (χ4v) is 3.14. The number of carbonyl (C=O) groups excluding carboxylic acids is 2. The van der Waals surface area contributed by atoms with Crippen molar-refractivity contribution in [3.05, 3.63) is 12.2 Å². The van der Waals surface area contributed by atoms with Crippen molar-refractivity contribution in [2.75, 3.05) is 13.2 Å². The molecule has 1 aromatic heterocycles. The summed E-state index contributed by atoms with van der Waals surface area (Å²) in [7, 11) is 0. The Hall–Kier alpha value is -1.92. The summed E-state index contributed by atoms with van der Waals surface area (Å²) in [6.45, 7) is 1.37. The summed E-state index contributed by atoms with van der Waals surface area (Å²) in [4.78, 5) is 28.0. The molecule has 3 heterocycles. The van der Waals surface area contributed by atoms with Gasteiger partial charge in [-0.1, -0.05) is 0 Å². The Labute approximate surface area is 116 Å². The van der Waals surface area contributed by atoms with E-state index in [-0.39, 0.29) is 24.3 Å². The van der Waals surface area contributed by atoms with Crippen LogP contribution in [0.4, 0.5) is 0 Å². The summed E-state index contributed by atoms with van der Waals surface area (Å²) in [6, 6.07) is 0.385. The molecule has 1 aliphatic carbocycles. The molecule has 0 aromatic carbocycles. The van der Waals surface area contributed by atoms with Gasteiger partial charge in [-0.15, -0.1) is 10.2 Å². The first-order chi connectivity index (χ1) is 9.72. The molecule has 1 aromatic rings. The van der Waals surface area contributed by atoms with Crippen molar-refractivity contribution in [2.24, 2.45) is 5.92 Å². The predicted molar refractivity (Wildman–Crippen MR) is 68.3 cm³/mol. The van der Waals surface area contributed by atoms with E-state index in [1.165, 1.54) is 0 Å². The number of fused-ring (bicyclic) bond motifs is 1. The molecule has 20 heavy (non-hydrogen) atoms. The maximum Gasteiger partial charge on any atom is 0.243 e. The first-order valence-electron chi connectivity index (χ1n) is 7.17. The summed E-state index contributed by atoms with van der Waals surface area (Å²) in [5.41, 5.74) is 0. The van der Waals surface area contributed by atoms with Gasteiger partial charge in [0.15, 0.2) is 0 Å². The van der Waals surface area contributed by atoms with Crippen LogP contribution in [0.3, 0.4) is 0 Å². The standard InChI is InChI=1S/C13H17N5O2/c19-12-6-17(8-18(12)10-2-3-10)13(20)9-1-4-11-15-14-7-16(11)5-9/h7,9-10H,1-6,8H2. The number of rotatable bonds is 2. The summed E-state index contributed by atoms with van der Waals surface area (Å²) < 4.78 is 1.95. The first-order valence-corrected chi connectivity index (χ1v) is 7.17. The molecule has 0 N–H and O–H groups in total. The molecule has 3 aliphatic rings. The molecule has 7 heteroatoms. The summed E-state index contributed by atoms with van der Waals surface area (Å²) in [5.74, 6) is 1.10. The van der Waals surface area contributed by atoms with Crippen LogP contribution in [0, 0.1) is 5.92 Å². The lowest BCUT2D eigenvalue weighted by atomic mass is 9.98. The van der Waals surface area contributed by atoms with Crippen molar-refractivity contribution in [3.63, 3.8) is 0 Å². The smallest absolute Gasteiger partial charge is 0.243 e. The van der Waals surface area contributed by atoms with Crippen LogP contribution in [0.25, 0.3) is 0 Å². The van der Waals surface area contributed by atoms with E-state index in [1.54, 1.807) is 11.2 Å². The molecular formula is C13H17N5O2. The van der Waals surface area contributed by atoms with Crippen LogP contribution < -0.4 is 0 Å². The number of hydrogen-bond donors (Lipinski definition) is 0. The van der Waals surface area contributed by atoms with Crippen LogP contribution in [0.5, 0.6) is 0 Å². The van der Waals surface area contributed by atoms with Crippen LogP contribution in [-0.2, 0) is 22.6 Å². The second-order valence-electron chi connectivity index (χ2n) is 5.91. The highest BCUT2D eigenvalue weighted by molar-refractivity contribution is 5.89. The zero-order valence-electron chi connectivity index (χ0n) is 11.2. The van der Waals surface area contributed by atoms with Crippen molar-refractivity contribution >= 4 is 11.8 Å². The molecule has 1 saturated heterocycles. The minimum atomic E-state index is -0.0505. The molecule has 1 unspecified atom stereocenters. The Morgan fingerprint density at radius 3 is 2.95 bits per heavy atom. The number of aryl methyl sites for hydroxylation is 1. The van der Waals surface area contributed by atoms with E-state index in [2.05, 4.69) is 10.2 Å². The third-order valence-corrected chi connectivity index (χ3v) is 4.45. The summed E-state index contributed by atoms with van der Waals surface area (Å²) >= 11 is 0. The molecule has 2 amide bonds. The SMILES string of the molecule is O=C(C1CCc2nncn2C1)N1CC(=O)N(C2CC2)C1. The largest absolute Gasteiger partial charge is 0.320 e. The van der Waals surface area contributed by atoms with Gasteiger partial charge in [-0.2, -0.15) is 0 Å². The Morgan fingerprint density at radius 1 is 1.30 bits per heavy atom. The minimum absolute atomic E-state index is 0.0505. The highest BCUT2D eigenvalue weighted by Gasteiger charge is 2.41. The van der Waals surface area contributed by atoms with E-state index in [9.17, 15) is 9.59 Å². The molecule has 0 radical (unpaired) electrons. The fourth-order valence-electron chi connectivity index (χ4n) is 3.14. The van der Waals surface area contributed by atoms with Crippen LogP contribution in [0.1, 0.15) is 25.1 Å². The molecule has 4 rings (SSSR count). The van der Waals surface area contributed by atoms with E-state index in [4.69, 9.17) is 0 Å². The minimum Gasteiger partial charge on any atom is -0.320 e. The molecule has 1 saturated carbocycles. The zero-order valence-corrected chi connectivity index (χ0v) is 11.2. The van der Waals surface area contributed by atoms with Gasteiger partial charge in [0.25, 0.3) is 0 Å². The van der Waals surface area contributed by atoms with Gasteiger partial charge in [0.1, 0.15) is 18.7 Å². The van der Waals surface area contributed by atoms with Crippen molar-refractivity contribution < 1.29 is 9.59 Å². The normalized spacial score (nSPS) is 26.0. The molecule has 1 atom stereocenters. The van der Waals surface area contributed by atoms with E-state index >= 15 is 0 Å². The Morgan fingerprint density at radius 2 is 2.15 bits per heavy atom. The number of aromatic nitrogens is 3. The highest BCUT2D eigenvalue weighted by atomic mass is 16.2. The summed E-state index contributed by atoms with van der Waals surface area (Å²) in [5, 5.41) is 7.91. The highest BCUT2D eigenvalue weighted by Crippen LogP contribution is 2.30. The zero-order chi connectivity index (χ0) is 13.7. The molecule has 106 valence electrons. The monoisotopic (exact) mass is 275 g/mol. The van der Waals surface area contributed by atoms with Crippen molar-refractivity contribution in [1.29, 1.82) is 0 Å². The number of nitrogens with zero attached hydrogens (tertiary/aromatic N) is 5. The van der Waals surface area contributed by atoms with E-state index < -0.39 is 0 Å². The molecule has 0 bridgehead atoms. The lowest BCUT2D eigenvalue weighted by Crippen LogP contribution is -2.39. The molecule has 2 aliphatic heterocycles. The van der Waals surface area contributed by atoms with Crippen LogP contribution in [0.15, 0.2) is 6.33 Å². The van der Waals surface area contributed by atoms with E-state index in [0.717, 1.165) is 31.5 Å².